The molecule has 1 radical (unpaired) electrons. The summed E-state index contributed by atoms with van der Waals surface area (Å²) in [5.74, 6) is 0.508. The summed E-state index contributed by atoms with van der Waals surface area (Å²) in [6, 6.07) is -0.571. The monoisotopic (exact) mass is 140 g/mol. The Balaban J connectivity index is 2.55. The number of nitrogens with two attached hydrogens (primary N) is 1. The third kappa shape index (κ3) is 1.33. The summed E-state index contributed by atoms with van der Waals surface area (Å²) in [5, 5.41) is 2.89. The van der Waals surface area contributed by atoms with Gasteiger partial charge in [-0.1, -0.05) is 0 Å². The molecule has 0 aromatic heterocycles. The minimum absolute atomic E-state index is 0.0680. The topological polar surface area (TPSA) is 67.5 Å². The number of nitrogens with zero attached hydrogens (tertiary/aromatic N) is 1. The number of rotatable bonds is 2. The van der Waals surface area contributed by atoms with E-state index in [1.165, 1.54) is 6.92 Å². The van der Waals surface area contributed by atoms with Crippen LogP contribution in [0, 0.1) is 6.54 Å². The summed E-state index contributed by atoms with van der Waals surface area (Å²) in [4.78, 5) is 14.6. The Morgan fingerprint density at radius 3 is 3.10 bits per heavy atom. The van der Waals surface area contributed by atoms with Crippen LogP contribution >= 0.6 is 0 Å². The van der Waals surface area contributed by atoms with Crippen LogP contribution in [0.5, 0.6) is 0 Å². The van der Waals surface area contributed by atoms with Crippen molar-refractivity contribution in [1.82, 2.24) is 5.32 Å². The van der Waals surface area contributed by atoms with Gasteiger partial charge in [-0.2, -0.15) is 0 Å². The standard InChI is InChI=1S/C6H10N3O/c1-4(10)5(7)6-8-2-3-9-6/h2,5H,3,7H2,1H3,(H,8,9). The normalized spacial score (nSPS) is 19.6. The fraction of sp³-hybridized carbons (Fsp3) is 0.500. The minimum Gasteiger partial charge on any atom is -0.370 e. The molecule has 0 aliphatic carbocycles. The summed E-state index contributed by atoms with van der Waals surface area (Å²) in [7, 11) is 0. The quantitative estimate of drug-likeness (QED) is 0.520. The number of ketones is 1. The Morgan fingerprint density at radius 1 is 2.00 bits per heavy atom. The molecule has 1 aliphatic heterocycles. The van der Waals surface area contributed by atoms with Crippen molar-refractivity contribution in [2.75, 3.05) is 6.54 Å². The second-order valence-corrected chi connectivity index (χ2v) is 2.17. The van der Waals surface area contributed by atoms with E-state index in [1.54, 1.807) is 6.54 Å². The number of aliphatic imine (C=N–C) groups is 1. The number of carbonyl (C=O) groups excluding carboxylic acids is 1. The zero-order valence-corrected chi connectivity index (χ0v) is 5.79. The lowest BCUT2D eigenvalue weighted by Gasteiger charge is -2.06. The molecule has 1 atom stereocenters. The van der Waals surface area contributed by atoms with Crippen LogP contribution in [0.3, 0.4) is 0 Å². The van der Waals surface area contributed by atoms with Gasteiger partial charge in [0.2, 0.25) is 0 Å². The van der Waals surface area contributed by atoms with Crippen molar-refractivity contribution in [2.45, 2.75) is 13.0 Å². The van der Waals surface area contributed by atoms with Crippen LogP contribution in [0.25, 0.3) is 0 Å². The van der Waals surface area contributed by atoms with Crippen LogP contribution in [0.4, 0.5) is 0 Å². The van der Waals surface area contributed by atoms with Gasteiger partial charge in [0.05, 0.1) is 6.54 Å². The molecule has 4 nitrogen and oxygen atoms in total. The maximum atomic E-state index is 10.7. The summed E-state index contributed by atoms with van der Waals surface area (Å²) in [5.41, 5.74) is 5.46. The molecule has 4 heteroatoms. The highest BCUT2D eigenvalue weighted by Gasteiger charge is 2.17. The van der Waals surface area contributed by atoms with Crippen LogP contribution in [0.2, 0.25) is 0 Å². The molecule has 0 bridgehead atoms. The Kier molecular flexibility index (Phi) is 2.01. The molecule has 1 aliphatic rings. The van der Waals surface area contributed by atoms with Crippen molar-refractivity contribution in [3.8, 4) is 0 Å². The van der Waals surface area contributed by atoms with Gasteiger partial charge in [-0.3, -0.25) is 9.79 Å². The van der Waals surface area contributed by atoms with E-state index >= 15 is 0 Å². The van der Waals surface area contributed by atoms with Crippen molar-refractivity contribution in [1.29, 1.82) is 0 Å². The van der Waals surface area contributed by atoms with Gasteiger partial charge in [0.25, 0.3) is 0 Å². The first kappa shape index (κ1) is 7.21. The third-order valence-electron chi connectivity index (χ3n) is 1.34. The van der Waals surface area contributed by atoms with Gasteiger partial charge in [-0.25, -0.2) is 0 Å². The van der Waals surface area contributed by atoms with Crippen molar-refractivity contribution in [3.63, 3.8) is 0 Å². The summed E-state index contributed by atoms with van der Waals surface area (Å²) in [6.45, 7) is 3.82. The molecule has 10 heavy (non-hydrogen) atoms. The molecule has 1 rings (SSSR count). The van der Waals surface area contributed by atoms with E-state index in [2.05, 4.69) is 10.3 Å². The predicted molar refractivity (Wildman–Crippen MR) is 38.4 cm³/mol. The van der Waals surface area contributed by atoms with E-state index in [4.69, 9.17) is 5.73 Å². The van der Waals surface area contributed by atoms with E-state index in [1.807, 2.05) is 0 Å². The average Bonchev–Trinajstić information content (AvgIpc) is 2.36. The molecule has 0 spiro atoms. The zero-order chi connectivity index (χ0) is 7.56. The number of carbonyl (C=O) groups is 1. The lowest BCUT2D eigenvalue weighted by atomic mass is 10.2. The lowest BCUT2D eigenvalue weighted by Crippen LogP contribution is -2.43. The Labute approximate surface area is 59.5 Å². The van der Waals surface area contributed by atoms with Crippen molar-refractivity contribution < 1.29 is 4.79 Å². The summed E-state index contributed by atoms with van der Waals surface area (Å²) >= 11 is 0. The molecule has 0 aromatic rings. The highest BCUT2D eigenvalue weighted by molar-refractivity contribution is 6.07. The van der Waals surface area contributed by atoms with Gasteiger partial charge in [0, 0.05) is 6.54 Å². The zero-order valence-electron chi connectivity index (χ0n) is 5.79. The van der Waals surface area contributed by atoms with Crippen molar-refractivity contribution in [3.05, 3.63) is 6.54 Å². The van der Waals surface area contributed by atoms with Gasteiger partial charge >= 0.3 is 0 Å². The lowest BCUT2D eigenvalue weighted by molar-refractivity contribution is -0.116. The number of amidine groups is 1. The summed E-state index contributed by atoms with van der Waals surface area (Å²) in [6.07, 6.45) is 0. The number of nitrogens with one attached hydrogen (secondary N) is 1. The fourth-order valence-electron chi connectivity index (χ4n) is 0.723. The van der Waals surface area contributed by atoms with Crippen molar-refractivity contribution in [2.24, 2.45) is 10.7 Å². The van der Waals surface area contributed by atoms with Crippen LogP contribution in [0.1, 0.15) is 6.92 Å². The molecule has 0 amide bonds. The van der Waals surface area contributed by atoms with E-state index < -0.39 is 6.04 Å². The molecule has 55 valence electrons. The number of hydrogen-bond donors (Lipinski definition) is 2. The van der Waals surface area contributed by atoms with Gasteiger partial charge in [0.15, 0.2) is 5.78 Å². The first-order chi connectivity index (χ1) is 4.72. The van der Waals surface area contributed by atoms with Crippen LogP contribution in [-0.4, -0.2) is 24.2 Å². The molecule has 0 saturated heterocycles. The Hall–Kier alpha value is -0.900. The largest absolute Gasteiger partial charge is 0.370 e. The van der Waals surface area contributed by atoms with E-state index in [9.17, 15) is 4.79 Å². The highest BCUT2D eigenvalue weighted by Crippen LogP contribution is 1.94. The number of hydrogen-bond acceptors (Lipinski definition) is 4. The van der Waals surface area contributed by atoms with Gasteiger partial charge in [0.1, 0.15) is 11.9 Å². The van der Waals surface area contributed by atoms with Crippen LogP contribution in [0.15, 0.2) is 4.99 Å². The SMILES string of the molecule is CC(=O)C(N)C1=N[CH]CN1. The molecule has 3 N–H and O–H groups in total. The minimum atomic E-state index is -0.571. The maximum Gasteiger partial charge on any atom is 0.154 e. The van der Waals surface area contributed by atoms with E-state index in [-0.39, 0.29) is 5.78 Å². The van der Waals surface area contributed by atoms with Gasteiger partial charge in [-0.15, -0.1) is 0 Å². The molecular formula is C6H10N3O. The third-order valence-corrected chi connectivity index (χ3v) is 1.34. The van der Waals surface area contributed by atoms with E-state index in [0.717, 1.165) is 0 Å². The van der Waals surface area contributed by atoms with E-state index in [0.29, 0.717) is 12.4 Å². The van der Waals surface area contributed by atoms with Crippen LogP contribution in [-0.2, 0) is 4.79 Å². The number of Topliss-reactive ketones (excluding diaryl/α,β-unsaturated/α-hetero) is 1. The molecule has 0 fully saturated rings. The summed E-state index contributed by atoms with van der Waals surface area (Å²) < 4.78 is 0. The molecule has 1 heterocycles. The van der Waals surface area contributed by atoms with Gasteiger partial charge in [-0.05, 0) is 6.92 Å². The first-order valence-corrected chi connectivity index (χ1v) is 3.11. The average molecular weight is 140 g/mol. The fourth-order valence-corrected chi connectivity index (χ4v) is 0.723. The highest BCUT2D eigenvalue weighted by atomic mass is 16.1. The molecule has 0 saturated carbocycles. The van der Waals surface area contributed by atoms with Crippen LogP contribution < -0.4 is 11.1 Å². The smallest absolute Gasteiger partial charge is 0.154 e. The molecule has 1 unspecified atom stereocenters. The second-order valence-electron chi connectivity index (χ2n) is 2.17. The second kappa shape index (κ2) is 2.79. The Bertz CT molecular complexity index is 176. The Morgan fingerprint density at radius 2 is 2.70 bits per heavy atom. The maximum absolute atomic E-state index is 10.7. The first-order valence-electron chi connectivity index (χ1n) is 3.11. The molecular weight excluding hydrogens is 130 g/mol. The molecule has 0 aromatic carbocycles. The van der Waals surface area contributed by atoms with Gasteiger partial charge < -0.3 is 11.1 Å². The predicted octanol–water partition coefficient (Wildman–Crippen LogP) is -0.934. The van der Waals surface area contributed by atoms with Crippen molar-refractivity contribution >= 4 is 11.6 Å².